The van der Waals surface area contributed by atoms with Crippen molar-refractivity contribution in [1.29, 1.82) is 0 Å². The summed E-state index contributed by atoms with van der Waals surface area (Å²) in [7, 11) is -0.294. The first-order valence-corrected chi connectivity index (χ1v) is 9.65. The van der Waals surface area contributed by atoms with Crippen LogP contribution in [0.4, 0.5) is 10.5 Å². The minimum Gasteiger partial charge on any atom is -0.339 e. The van der Waals surface area contributed by atoms with Crippen molar-refractivity contribution < 1.29 is 13.2 Å². The molecule has 1 N–H and O–H groups in total. The molecule has 2 aromatic carbocycles. The highest BCUT2D eigenvalue weighted by Crippen LogP contribution is 2.24. The third kappa shape index (κ3) is 4.98. The van der Waals surface area contributed by atoms with E-state index in [1.807, 2.05) is 0 Å². The van der Waals surface area contributed by atoms with Crippen molar-refractivity contribution in [3.8, 4) is 0 Å². The van der Waals surface area contributed by atoms with E-state index in [2.05, 4.69) is 20.7 Å². The molecule has 0 unspecified atom stereocenters. The van der Waals surface area contributed by atoms with Crippen LogP contribution in [-0.2, 0) is 10.0 Å². The molecule has 0 aliphatic rings. The number of carbonyl (C=O) groups is 1. The lowest BCUT2D eigenvalue weighted by molar-refractivity contribution is 0.241. The summed E-state index contributed by atoms with van der Waals surface area (Å²) in [6, 6.07) is 13.1. The van der Waals surface area contributed by atoms with Gasteiger partial charge in [0.15, 0.2) is 0 Å². The molecule has 0 radical (unpaired) electrons. The molecule has 0 bridgehead atoms. The van der Waals surface area contributed by atoms with Gasteiger partial charge in [-0.3, -0.25) is 9.52 Å². The average molecular weight is 415 g/mol. The minimum atomic E-state index is -3.65. The van der Waals surface area contributed by atoms with Crippen LogP contribution >= 0.6 is 27.7 Å². The van der Waals surface area contributed by atoms with Gasteiger partial charge in [-0.25, -0.2) is 8.42 Å². The van der Waals surface area contributed by atoms with E-state index in [0.29, 0.717) is 10.2 Å². The van der Waals surface area contributed by atoms with E-state index in [1.165, 1.54) is 17.0 Å². The second-order valence-corrected chi connectivity index (χ2v) is 8.47. The molecule has 0 aliphatic heterocycles. The van der Waals surface area contributed by atoms with Crippen LogP contribution in [0.25, 0.3) is 0 Å². The third-order valence-corrected chi connectivity index (χ3v) is 5.70. The Morgan fingerprint density at radius 2 is 1.78 bits per heavy atom. The van der Waals surface area contributed by atoms with Gasteiger partial charge < -0.3 is 4.90 Å². The molecule has 0 saturated heterocycles. The van der Waals surface area contributed by atoms with Crippen molar-refractivity contribution in [2.45, 2.75) is 9.79 Å². The first-order valence-electron chi connectivity index (χ1n) is 6.55. The fourth-order valence-electron chi connectivity index (χ4n) is 1.63. The second-order valence-electron chi connectivity index (χ2n) is 4.85. The van der Waals surface area contributed by atoms with Gasteiger partial charge >= 0.3 is 0 Å². The van der Waals surface area contributed by atoms with Crippen molar-refractivity contribution in [3.63, 3.8) is 0 Å². The number of thioether (sulfide) groups is 1. The molecule has 122 valence electrons. The Morgan fingerprint density at radius 3 is 2.35 bits per heavy atom. The zero-order valence-corrected chi connectivity index (χ0v) is 15.7. The van der Waals surface area contributed by atoms with Gasteiger partial charge in [0.05, 0.1) is 4.90 Å². The predicted octanol–water partition coefficient (Wildman–Crippen LogP) is 4.02. The van der Waals surface area contributed by atoms with Crippen LogP contribution < -0.4 is 4.72 Å². The smallest absolute Gasteiger partial charge is 0.285 e. The summed E-state index contributed by atoms with van der Waals surface area (Å²) in [5, 5.41) is -0.0903. The van der Waals surface area contributed by atoms with Gasteiger partial charge in [0, 0.05) is 29.2 Å². The Balaban J connectivity index is 2.13. The summed E-state index contributed by atoms with van der Waals surface area (Å²) in [6.45, 7) is 0. The van der Waals surface area contributed by atoms with Crippen LogP contribution in [0, 0.1) is 0 Å². The number of sulfonamides is 1. The average Bonchev–Trinajstić information content (AvgIpc) is 2.49. The molecular weight excluding hydrogens is 400 g/mol. The molecule has 8 heteroatoms. The summed E-state index contributed by atoms with van der Waals surface area (Å²) in [5.74, 6) is 0. The van der Waals surface area contributed by atoms with Gasteiger partial charge in [-0.15, -0.1) is 0 Å². The van der Waals surface area contributed by atoms with Crippen LogP contribution in [0.3, 0.4) is 0 Å². The standard InChI is InChI=1S/C15H15BrN2O3S2/c1-18(2)15(19)22-13-8-6-12(7-9-13)17-23(20,21)14-5-3-4-11(16)10-14/h3-10,17H,1-2H3. The highest BCUT2D eigenvalue weighted by molar-refractivity contribution is 9.10. The Kier molecular flexibility index (Phi) is 5.72. The number of hydrogen-bond acceptors (Lipinski definition) is 4. The lowest BCUT2D eigenvalue weighted by Gasteiger charge is -2.11. The van der Waals surface area contributed by atoms with Crippen molar-refractivity contribution >= 4 is 48.6 Å². The SMILES string of the molecule is CN(C)C(=O)Sc1ccc(NS(=O)(=O)c2cccc(Br)c2)cc1. The van der Waals surface area contributed by atoms with Crippen LogP contribution in [0.1, 0.15) is 0 Å². The van der Waals surface area contributed by atoms with E-state index in [1.54, 1.807) is 50.5 Å². The Hall–Kier alpha value is -1.51. The molecule has 2 rings (SSSR count). The molecule has 0 fully saturated rings. The van der Waals surface area contributed by atoms with Gasteiger partial charge in [0.2, 0.25) is 0 Å². The van der Waals surface area contributed by atoms with Gasteiger partial charge in [-0.2, -0.15) is 0 Å². The molecule has 2 aromatic rings. The summed E-state index contributed by atoms with van der Waals surface area (Å²) in [6.07, 6.45) is 0. The second kappa shape index (κ2) is 7.37. The third-order valence-electron chi connectivity index (χ3n) is 2.78. The van der Waals surface area contributed by atoms with E-state index in [0.717, 1.165) is 16.7 Å². The summed E-state index contributed by atoms with van der Waals surface area (Å²) < 4.78 is 27.8. The monoisotopic (exact) mass is 414 g/mol. The zero-order valence-electron chi connectivity index (χ0n) is 12.5. The van der Waals surface area contributed by atoms with Gasteiger partial charge in [-0.05, 0) is 54.2 Å². The molecule has 1 amide bonds. The van der Waals surface area contributed by atoms with Crippen LogP contribution in [-0.4, -0.2) is 32.7 Å². The molecule has 0 spiro atoms. The Morgan fingerprint density at radius 1 is 1.13 bits per heavy atom. The first kappa shape index (κ1) is 17.8. The molecule has 5 nitrogen and oxygen atoms in total. The summed E-state index contributed by atoms with van der Waals surface area (Å²) in [5.41, 5.74) is 0.437. The number of anilines is 1. The van der Waals surface area contributed by atoms with E-state index in [-0.39, 0.29) is 10.1 Å². The van der Waals surface area contributed by atoms with Crippen LogP contribution in [0.15, 0.2) is 62.8 Å². The number of nitrogens with one attached hydrogen (secondary N) is 1. The van der Waals surface area contributed by atoms with Gasteiger partial charge in [-0.1, -0.05) is 22.0 Å². The Labute approximate surface area is 148 Å². The fourth-order valence-corrected chi connectivity index (χ4v) is 3.94. The number of nitrogens with zero attached hydrogens (tertiary/aromatic N) is 1. The van der Waals surface area contributed by atoms with Crippen molar-refractivity contribution in [1.82, 2.24) is 4.90 Å². The van der Waals surface area contributed by atoms with Gasteiger partial charge in [0.25, 0.3) is 15.3 Å². The lowest BCUT2D eigenvalue weighted by atomic mass is 10.3. The van der Waals surface area contributed by atoms with E-state index in [4.69, 9.17) is 0 Å². The number of carbonyl (C=O) groups excluding carboxylic acids is 1. The fraction of sp³-hybridized carbons (Fsp3) is 0.133. The molecule has 0 heterocycles. The largest absolute Gasteiger partial charge is 0.339 e. The molecule has 0 aliphatic carbocycles. The summed E-state index contributed by atoms with van der Waals surface area (Å²) in [4.78, 5) is 14.0. The topological polar surface area (TPSA) is 66.5 Å². The maximum atomic E-state index is 12.3. The highest BCUT2D eigenvalue weighted by atomic mass is 79.9. The lowest BCUT2D eigenvalue weighted by Crippen LogP contribution is -2.16. The quantitative estimate of drug-likeness (QED) is 0.766. The number of halogens is 1. The Bertz CT molecular complexity index is 806. The van der Waals surface area contributed by atoms with Crippen molar-refractivity contribution in [2.24, 2.45) is 0 Å². The molecule has 23 heavy (non-hydrogen) atoms. The molecule has 0 atom stereocenters. The summed E-state index contributed by atoms with van der Waals surface area (Å²) >= 11 is 4.33. The zero-order chi connectivity index (χ0) is 17.0. The molecule has 0 aromatic heterocycles. The predicted molar refractivity (Wildman–Crippen MR) is 96.3 cm³/mol. The number of hydrogen-bond donors (Lipinski definition) is 1. The normalized spacial score (nSPS) is 11.1. The minimum absolute atomic E-state index is 0.0903. The van der Waals surface area contributed by atoms with Crippen LogP contribution in [0.2, 0.25) is 0 Å². The van der Waals surface area contributed by atoms with E-state index >= 15 is 0 Å². The molecular formula is C15H15BrN2O3S2. The number of rotatable bonds is 4. The van der Waals surface area contributed by atoms with Gasteiger partial charge in [0.1, 0.15) is 0 Å². The maximum Gasteiger partial charge on any atom is 0.285 e. The van der Waals surface area contributed by atoms with Crippen LogP contribution in [0.5, 0.6) is 0 Å². The molecule has 0 saturated carbocycles. The highest BCUT2D eigenvalue weighted by Gasteiger charge is 2.14. The first-order chi connectivity index (χ1) is 10.8. The van der Waals surface area contributed by atoms with Crippen molar-refractivity contribution in [3.05, 3.63) is 53.0 Å². The maximum absolute atomic E-state index is 12.3. The van der Waals surface area contributed by atoms with Crippen molar-refractivity contribution in [2.75, 3.05) is 18.8 Å². The number of benzene rings is 2. The van der Waals surface area contributed by atoms with E-state index in [9.17, 15) is 13.2 Å². The number of amides is 1. The van der Waals surface area contributed by atoms with E-state index < -0.39 is 10.0 Å².